The predicted octanol–water partition coefficient (Wildman–Crippen LogP) is 3.80. The summed E-state index contributed by atoms with van der Waals surface area (Å²) >= 11 is 6.04. The third-order valence-electron chi connectivity index (χ3n) is 5.76. The fourth-order valence-corrected chi connectivity index (χ4v) is 4.13. The van der Waals surface area contributed by atoms with E-state index in [4.69, 9.17) is 11.6 Å². The topological polar surface area (TPSA) is 93.1 Å². The molecule has 4 rings (SSSR count). The lowest BCUT2D eigenvalue weighted by Gasteiger charge is -2.12. The van der Waals surface area contributed by atoms with Crippen LogP contribution < -0.4 is 16.4 Å². The Morgan fingerprint density at radius 1 is 1.09 bits per heavy atom. The summed E-state index contributed by atoms with van der Waals surface area (Å²) in [5, 5.41) is 5.83. The number of amides is 2. The Morgan fingerprint density at radius 2 is 1.88 bits per heavy atom. The highest BCUT2D eigenvalue weighted by molar-refractivity contribution is 6.30. The molecule has 1 saturated carbocycles. The van der Waals surface area contributed by atoms with Crippen LogP contribution in [0.2, 0.25) is 5.02 Å². The molecule has 0 saturated heterocycles. The quantitative estimate of drug-likeness (QED) is 0.421. The molecule has 7 nitrogen and oxygen atoms in total. The Morgan fingerprint density at radius 3 is 2.62 bits per heavy atom. The van der Waals surface area contributed by atoms with Crippen molar-refractivity contribution in [3.8, 4) is 0 Å². The van der Waals surface area contributed by atoms with Gasteiger partial charge < -0.3 is 0 Å². The van der Waals surface area contributed by atoms with Crippen molar-refractivity contribution < 1.29 is 9.59 Å². The number of unbranched alkanes of at least 4 members (excludes halogenated alkanes) is 2. The molecular weight excluding hydrogens is 428 g/mol. The molecule has 2 aromatic carbocycles. The van der Waals surface area contributed by atoms with E-state index in [1.165, 1.54) is 4.68 Å². The summed E-state index contributed by atoms with van der Waals surface area (Å²) in [6, 6.07) is 14.3. The van der Waals surface area contributed by atoms with Crippen molar-refractivity contribution >= 4 is 34.2 Å². The van der Waals surface area contributed by atoms with Gasteiger partial charge in [0.05, 0.1) is 5.39 Å². The van der Waals surface area contributed by atoms with Crippen LogP contribution in [0.5, 0.6) is 0 Å². The van der Waals surface area contributed by atoms with E-state index in [0.29, 0.717) is 28.8 Å². The Labute approximate surface area is 190 Å². The van der Waals surface area contributed by atoms with E-state index in [9.17, 15) is 14.4 Å². The average molecular weight is 453 g/mol. The first kappa shape index (κ1) is 22.0. The van der Waals surface area contributed by atoms with E-state index in [1.54, 1.807) is 30.3 Å². The van der Waals surface area contributed by atoms with Crippen LogP contribution in [0, 0.1) is 5.92 Å². The number of halogens is 1. The highest BCUT2D eigenvalue weighted by Gasteiger charge is 2.44. The number of hydrazine groups is 1. The highest BCUT2D eigenvalue weighted by atomic mass is 35.5. The smallest absolute Gasteiger partial charge is 0.273 e. The molecule has 0 bridgehead atoms. The number of rotatable bonds is 7. The number of hydrogen-bond donors (Lipinski definition) is 2. The molecule has 1 aliphatic rings. The minimum atomic E-state index is -0.557. The van der Waals surface area contributed by atoms with Crippen molar-refractivity contribution in [2.45, 2.75) is 45.1 Å². The van der Waals surface area contributed by atoms with Gasteiger partial charge in [0.2, 0.25) is 5.91 Å². The summed E-state index contributed by atoms with van der Waals surface area (Å²) in [5.74, 6) is -0.950. The molecule has 1 aliphatic carbocycles. The number of benzene rings is 2. The monoisotopic (exact) mass is 452 g/mol. The molecule has 0 spiro atoms. The molecule has 2 N–H and O–H groups in total. The van der Waals surface area contributed by atoms with Crippen LogP contribution in [-0.4, -0.2) is 21.6 Å². The molecule has 2 unspecified atom stereocenters. The second-order valence-corrected chi connectivity index (χ2v) is 8.51. The summed E-state index contributed by atoms with van der Waals surface area (Å²) < 4.78 is 1.34. The van der Waals surface area contributed by atoms with Crippen LogP contribution in [0.25, 0.3) is 10.8 Å². The maximum absolute atomic E-state index is 12.9. The third kappa shape index (κ3) is 4.67. The summed E-state index contributed by atoms with van der Waals surface area (Å²) in [6.07, 6.45) is 3.48. The maximum Gasteiger partial charge on any atom is 0.290 e. The van der Waals surface area contributed by atoms with E-state index in [2.05, 4.69) is 22.9 Å². The van der Waals surface area contributed by atoms with Gasteiger partial charge >= 0.3 is 0 Å². The molecule has 32 heavy (non-hydrogen) atoms. The number of fused-ring (bicyclic) bond motifs is 1. The Hall–Kier alpha value is -3.19. The lowest BCUT2D eigenvalue weighted by atomic mass is 10.1. The van der Waals surface area contributed by atoms with Crippen molar-refractivity contribution in [1.29, 1.82) is 0 Å². The van der Waals surface area contributed by atoms with Crippen LogP contribution in [0.1, 0.15) is 54.6 Å². The van der Waals surface area contributed by atoms with Gasteiger partial charge in [0, 0.05) is 22.9 Å². The summed E-state index contributed by atoms with van der Waals surface area (Å²) in [5.41, 5.74) is 5.87. The van der Waals surface area contributed by atoms with Crippen molar-refractivity contribution in [3.05, 3.63) is 75.2 Å². The molecule has 0 aliphatic heterocycles. The first-order chi connectivity index (χ1) is 15.5. The number of carbonyl (C=O) groups is 2. The second-order valence-electron chi connectivity index (χ2n) is 8.08. The minimum absolute atomic E-state index is 0.0880. The van der Waals surface area contributed by atoms with Gasteiger partial charge in [-0.15, -0.1) is 0 Å². The Balaban J connectivity index is 1.47. The van der Waals surface area contributed by atoms with E-state index in [-0.39, 0.29) is 29.0 Å². The van der Waals surface area contributed by atoms with E-state index < -0.39 is 5.91 Å². The zero-order chi connectivity index (χ0) is 22.7. The number of nitrogens with zero attached hydrogens (tertiary/aromatic N) is 2. The van der Waals surface area contributed by atoms with Crippen molar-refractivity contribution in [1.82, 2.24) is 20.6 Å². The molecule has 0 radical (unpaired) electrons. The molecule has 2 atom stereocenters. The van der Waals surface area contributed by atoms with Crippen molar-refractivity contribution in [2.75, 3.05) is 0 Å². The fraction of sp³-hybridized carbons (Fsp3) is 0.333. The number of aryl methyl sites for hydroxylation is 1. The van der Waals surface area contributed by atoms with E-state index in [0.717, 1.165) is 24.8 Å². The van der Waals surface area contributed by atoms with E-state index >= 15 is 0 Å². The standard InChI is InChI=1S/C24H25ClN4O3/c1-2-3-6-12-29-24(32)18-11-5-4-10-17(18)21(28-29)23(31)27-26-22(30)20-14-19(20)15-8-7-9-16(25)13-15/h4-5,7-11,13,19-20H,2-3,6,12,14H2,1H3,(H,26,30)(H,27,31). The molecule has 1 aromatic heterocycles. The minimum Gasteiger partial charge on any atom is -0.273 e. The van der Waals surface area contributed by atoms with Gasteiger partial charge in [-0.25, -0.2) is 4.68 Å². The number of nitrogens with one attached hydrogen (secondary N) is 2. The summed E-state index contributed by atoms with van der Waals surface area (Å²) in [6.45, 7) is 2.52. The van der Waals surface area contributed by atoms with Gasteiger partial charge in [0.1, 0.15) is 0 Å². The zero-order valence-corrected chi connectivity index (χ0v) is 18.6. The van der Waals surface area contributed by atoms with E-state index in [1.807, 2.05) is 18.2 Å². The normalized spacial score (nSPS) is 17.2. The van der Waals surface area contributed by atoms with Crippen LogP contribution in [-0.2, 0) is 11.3 Å². The number of aromatic nitrogens is 2. The van der Waals surface area contributed by atoms with Crippen LogP contribution in [0.3, 0.4) is 0 Å². The lowest BCUT2D eigenvalue weighted by molar-refractivity contribution is -0.123. The Kier molecular flexibility index (Phi) is 6.55. The van der Waals surface area contributed by atoms with Gasteiger partial charge in [-0.2, -0.15) is 5.10 Å². The van der Waals surface area contributed by atoms with Gasteiger partial charge in [0.15, 0.2) is 5.69 Å². The largest absolute Gasteiger partial charge is 0.290 e. The molecule has 3 aromatic rings. The van der Waals surface area contributed by atoms with Crippen molar-refractivity contribution in [2.24, 2.45) is 5.92 Å². The molecule has 1 heterocycles. The van der Waals surface area contributed by atoms with Gasteiger partial charge in [-0.3, -0.25) is 25.2 Å². The zero-order valence-electron chi connectivity index (χ0n) is 17.8. The lowest BCUT2D eigenvalue weighted by Crippen LogP contribution is -2.43. The first-order valence-corrected chi connectivity index (χ1v) is 11.2. The molecule has 1 fully saturated rings. The molecule has 8 heteroatoms. The van der Waals surface area contributed by atoms with Crippen LogP contribution >= 0.6 is 11.6 Å². The first-order valence-electron chi connectivity index (χ1n) is 10.8. The predicted molar refractivity (Wildman–Crippen MR) is 123 cm³/mol. The summed E-state index contributed by atoms with van der Waals surface area (Å²) in [4.78, 5) is 38.2. The number of hydrogen-bond acceptors (Lipinski definition) is 4. The fourth-order valence-electron chi connectivity index (χ4n) is 3.93. The van der Waals surface area contributed by atoms with Gasteiger partial charge in [-0.1, -0.05) is 61.7 Å². The van der Waals surface area contributed by atoms with Crippen LogP contribution in [0.15, 0.2) is 53.3 Å². The SMILES string of the molecule is CCCCCn1nc(C(=O)NNC(=O)C2CC2c2cccc(Cl)c2)c2ccccc2c1=O. The highest BCUT2D eigenvalue weighted by Crippen LogP contribution is 2.47. The van der Waals surface area contributed by atoms with Gasteiger partial charge in [-0.05, 0) is 42.5 Å². The molecular formula is C24H25ClN4O3. The third-order valence-corrected chi connectivity index (χ3v) is 5.99. The van der Waals surface area contributed by atoms with Crippen LogP contribution in [0.4, 0.5) is 0 Å². The molecule has 2 amide bonds. The Bertz CT molecular complexity index is 1220. The molecule has 166 valence electrons. The van der Waals surface area contributed by atoms with Gasteiger partial charge in [0.25, 0.3) is 11.5 Å². The average Bonchev–Trinajstić information content (AvgIpc) is 3.60. The summed E-state index contributed by atoms with van der Waals surface area (Å²) in [7, 11) is 0. The second kappa shape index (κ2) is 9.53. The maximum atomic E-state index is 12.9. The number of carbonyl (C=O) groups excluding carboxylic acids is 2. The van der Waals surface area contributed by atoms with Crippen molar-refractivity contribution in [3.63, 3.8) is 0 Å².